The summed E-state index contributed by atoms with van der Waals surface area (Å²) in [5.74, 6) is 1.68. The average Bonchev–Trinajstić information content (AvgIpc) is 2.90. The molecule has 0 N–H and O–H groups in total. The monoisotopic (exact) mass is 330 g/mol. The molecule has 0 saturated heterocycles. The van der Waals surface area contributed by atoms with Gasteiger partial charge >= 0.3 is 0 Å². The first kappa shape index (κ1) is 14.2. The Hall–Kier alpha value is -0.210. The smallest absolute Gasteiger partial charge is 0.119 e. The second-order valence-corrected chi connectivity index (χ2v) is 6.48. The predicted octanol–water partition coefficient (Wildman–Crippen LogP) is 5.41. The van der Waals surface area contributed by atoms with E-state index in [1.807, 2.05) is 24.3 Å². The molecule has 18 heavy (non-hydrogen) atoms. The lowest BCUT2D eigenvalue weighted by Crippen LogP contribution is -2.12. The molecule has 1 unspecified atom stereocenters. The van der Waals surface area contributed by atoms with Crippen molar-refractivity contribution >= 4 is 27.5 Å². The topological polar surface area (TPSA) is 9.23 Å². The van der Waals surface area contributed by atoms with Gasteiger partial charge in [0.25, 0.3) is 0 Å². The SMILES string of the molecule is ClC(CCCOc1ccc(Br)cc1)C1CCCC1. The molecule has 0 radical (unpaired) electrons. The number of rotatable bonds is 6. The first-order valence-electron chi connectivity index (χ1n) is 6.78. The first-order chi connectivity index (χ1) is 8.75. The van der Waals surface area contributed by atoms with E-state index in [1.54, 1.807) is 0 Å². The van der Waals surface area contributed by atoms with Gasteiger partial charge in [-0.25, -0.2) is 0 Å². The molecule has 0 amide bonds. The molecule has 1 fully saturated rings. The van der Waals surface area contributed by atoms with Crippen molar-refractivity contribution in [2.45, 2.75) is 43.9 Å². The van der Waals surface area contributed by atoms with Crippen LogP contribution in [0.2, 0.25) is 0 Å². The van der Waals surface area contributed by atoms with Gasteiger partial charge in [0.2, 0.25) is 0 Å². The Bertz CT molecular complexity index is 346. The lowest BCUT2D eigenvalue weighted by atomic mass is 10.0. The zero-order chi connectivity index (χ0) is 12.8. The molecule has 0 aliphatic heterocycles. The highest BCUT2D eigenvalue weighted by atomic mass is 79.9. The summed E-state index contributed by atoms with van der Waals surface area (Å²) < 4.78 is 6.78. The van der Waals surface area contributed by atoms with E-state index in [0.29, 0.717) is 5.38 Å². The molecule has 1 aliphatic carbocycles. The quantitative estimate of drug-likeness (QED) is 0.500. The number of alkyl halides is 1. The van der Waals surface area contributed by atoms with Gasteiger partial charge in [-0.15, -0.1) is 11.6 Å². The van der Waals surface area contributed by atoms with Crippen molar-refractivity contribution in [1.82, 2.24) is 0 Å². The summed E-state index contributed by atoms with van der Waals surface area (Å²) in [4.78, 5) is 0. The number of hydrogen-bond donors (Lipinski definition) is 0. The summed E-state index contributed by atoms with van der Waals surface area (Å²) in [7, 11) is 0. The van der Waals surface area contributed by atoms with Crippen LogP contribution in [0.4, 0.5) is 0 Å². The van der Waals surface area contributed by atoms with Gasteiger partial charge in [0, 0.05) is 9.85 Å². The van der Waals surface area contributed by atoms with Crippen LogP contribution in [-0.4, -0.2) is 12.0 Å². The molecule has 3 heteroatoms. The Morgan fingerprint density at radius 3 is 2.56 bits per heavy atom. The van der Waals surface area contributed by atoms with Crippen LogP contribution < -0.4 is 4.74 Å². The van der Waals surface area contributed by atoms with Crippen LogP contribution in [0.3, 0.4) is 0 Å². The van der Waals surface area contributed by atoms with Gasteiger partial charge in [-0.05, 0) is 55.9 Å². The van der Waals surface area contributed by atoms with Gasteiger partial charge < -0.3 is 4.74 Å². The van der Waals surface area contributed by atoms with E-state index in [2.05, 4.69) is 15.9 Å². The number of halogens is 2. The van der Waals surface area contributed by atoms with Crippen LogP contribution in [0.1, 0.15) is 38.5 Å². The van der Waals surface area contributed by atoms with Crippen molar-refractivity contribution in [3.8, 4) is 5.75 Å². The number of hydrogen-bond acceptors (Lipinski definition) is 1. The summed E-state index contributed by atoms with van der Waals surface area (Å²) in [6.07, 6.45) is 7.49. The molecule has 0 heterocycles. The Balaban J connectivity index is 1.62. The maximum atomic E-state index is 6.43. The molecule has 1 aromatic rings. The summed E-state index contributed by atoms with van der Waals surface area (Å²) in [6.45, 7) is 0.761. The van der Waals surface area contributed by atoms with E-state index in [1.165, 1.54) is 25.7 Å². The second-order valence-electron chi connectivity index (χ2n) is 5.01. The van der Waals surface area contributed by atoms with Gasteiger partial charge in [-0.2, -0.15) is 0 Å². The molecular formula is C15H20BrClO. The third-order valence-corrected chi connectivity index (χ3v) is 4.72. The van der Waals surface area contributed by atoms with Crippen LogP contribution >= 0.6 is 27.5 Å². The highest BCUT2D eigenvalue weighted by molar-refractivity contribution is 9.10. The molecule has 2 rings (SSSR count). The summed E-state index contributed by atoms with van der Waals surface area (Å²) in [5, 5.41) is 0.348. The van der Waals surface area contributed by atoms with E-state index in [4.69, 9.17) is 16.3 Å². The molecule has 100 valence electrons. The zero-order valence-corrected chi connectivity index (χ0v) is 12.9. The van der Waals surface area contributed by atoms with Crippen LogP contribution in [0.5, 0.6) is 5.75 Å². The van der Waals surface area contributed by atoms with Crippen LogP contribution in [0.15, 0.2) is 28.7 Å². The minimum atomic E-state index is 0.348. The van der Waals surface area contributed by atoms with Crippen molar-refractivity contribution in [1.29, 1.82) is 0 Å². The fraction of sp³-hybridized carbons (Fsp3) is 0.600. The second kappa shape index (κ2) is 7.40. The molecule has 0 bridgehead atoms. The Kier molecular flexibility index (Phi) is 5.84. The van der Waals surface area contributed by atoms with Gasteiger partial charge in [0.15, 0.2) is 0 Å². The van der Waals surface area contributed by atoms with Crippen LogP contribution in [-0.2, 0) is 0 Å². The molecule has 0 aromatic heterocycles. The maximum absolute atomic E-state index is 6.43. The van der Waals surface area contributed by atoms with Gasteiger partial charge in [0.1, 0.15) is 5.75 Å². The largest absolute Gasteiger partial charge is 0.494 e. The highest BCUT2D eigenvalue weighted by Gasteiger charge is 2.22. The maximum Gasteiger partial charge on any atom is 0.119 e. The van der Waals surface area contributed by atoms with Crippen molar-refractivity contribution < 1.29 is 4.74 Å². The molecular weight excluding hydrogens is 312 g/mol. The lowest BCUT2D eigenvalue weighted by Gasteiger charge is -2.16. The average molecular weight is 332 g/mol. The minimum Gasteiger partial charge on any atom is -0.494 e. The number of ether oxygens (including phenoxy) is 1. The van der Waals surface area contributed by atoms with E-state index >= 15 is 0 Å². The van der Waals surface area contributed by atoms with Crippen molar-refractivity contribution in [3.05, 3.63) is 28.7 Å². The summed E-state index contributed by atoms with van der Waals surface area (Å²) in [5.41, 5.74) is 0. The summed E-state index contributed by atoms with van der Waals surface area (Å²) >= 11 is 9.84. The molecule has 1 aliphatic rings. The molecule has 1 atom stereocenters. The van der Waals surface area contributed by atoms with Crippen molar-refractivity contribution in [2.24, 2.45) is 5.92 Å². The lowest BCUT2D eigenvalue weighted by molar-refractivity contribution is 0.300. The van der Waals surface area contributed by atoms with Gasteiger partial charge in [-0.3, -0.25) is 0 Å². The van der Waals surface area contributed by atoms with Crippen molar-refractivity contribution in [3.63, 3.8) is 0 Å². The fourth-order valence-corrected chi connectivity index (χ4v) is 3.22. The van der Waals surface area contributed by atoms with Crippen LogP contribution in [0, 0.1) is 5.92 Å². The normalized spacial score (nSPS) is 17.9. The Labute approximate surface area is 123 Å². The first-order valence-corrected chi connectivity index (χ1v) is 8.01. The standard InChI is InChI=1S/C15H20BrClO/c16-13-7-9-14(10-8-13)18-11-3-6-15(17)12-4-1-2-5-12/h7-10,12,15H,1-6,11H2. The van der Waals surface area contributed by atoms with E-state index < -0.39 is 0 Å². The van der Waals surface area contributed by atoms with Crippen LogP contribution in [0.25, 0.3) is 0 Å². The molecule has 1 nitrogen and oxygen atoms in total. The van der Waals surface area contributed by atoms with E-state index in [9.17, 15) is 0 Å². The van der Waals surface area contributed by atoms with E-state index in [0.717, 1.165) is 35.6 Å². The van der Waals surface area contributed by atoms with E-state index in [-0.39, 0.29) is 0 Å². The predicted molar refractivity (Wildman–Crippen MR) is 80.5 cm³/mol. The fourth-order valence-electron chi connectivity index (χ4n) is 2.55. The third kappa shape index (κ3) is 4.47. The zero-order valence-electron chi connectivity index (χ0n) is 10.6. The number of benzene rings is 1. The Morgan fingerprint density at radius 1 is 1.22 bits per heavy atom. The van der Waals surface area contributed by atoms with Gasteiger partial charge in [-0.1, -0.05) is 28.8 Å². The summed E-state index contributed by atoms with van der Waals surface area (Å²) in [6, 6.07) is 7.97. The minimum absolute atomic E-state index is 0.348. The van der Waals surface area contributed by atoms with Crippen molar-refractivity contribution in [2.75, 3.05) is 6.61 Å². The molecule has 1 aromatic carbocycles. The molecule has 1 saturated carbocycles. The highest BCUT2D eigenvalue weighted by Crippen LogP contribution is 2.32. The Morgan fingerprint density at radius 2 is 1.89 bits per heavy atom. The third-order valence-electron chi connectivity index (χ3n) is 3.62. The molecule has 0 spiro atoms. The van der Waals surface area contributed by atoms with Gasteiger partial charge in [0.05, 0.1) is 6.61 Å².